The van der Waals surface area contributed by atoms with E-state index in [1.54, 1.807) is 26.4 Å². The monoisotopic (exact) mass is 387 g/mol. The van der Waals surface area contributed by atoms with E-state index in [0.29, 0.717) is 18.0 Å². The van der Waals surface area contributed by atoms with Crippen LogP contribution in [0.1, 0.15) is 5.56 Å². The third-order valence-electron chi connectivity index (χ3n) is 3.77. The lowest BCUT2D eigenvalue weighted by atomic mass is 10.2. The van der Waals surface area contributed by atoms with E-state index >= 15 is 0 Å². The molecule has 0 radical (unpaired) electrons. The van der Waals surface area contributed by atoms with Crippen LogP contribution < -0.4 is 30.2 Å². The molecule has 0 spiro atoms. The van der Waals surface area contributed by atoms with E-state index in [0.717, 1.165) is 11.3 Å². The highest BCUT2D eigenvalue weighted by molar-refractivity contribution is 5.83. The van der Waals surface area contributed by atoms with Crippen molar-refractivity contribution >= 4 is 11.9 Å². The fraction of sp³-hybridized carbons (Fsp3) is 0.300. The van der Waals surface area contributed by atoms with Crippen molar-refractivity contribution < 1.29 is 23.8 Å². The molecule has 28 heavy (non-hydrogen) atoms. The molecule has 2 aromatic carbocycles. The minimum atomic E-state index is -0.441. The van der Waals surface area contributed by atoms with Gasteiger partial charge in [-0.1, -0.05) is 24.3 Å². The number of nitrogens with one attached hydrogen (secondary N) is 3. The van der Waals surface area contributed by atoms with Crippen molar-refractivity contribution in [3.63, 3.8) is 0 Å². The predicted octanol–water partition coefficient (Wildman–Crippen LogP) is 1.70. The Morgan fingerprint density at radius 2 is 1.57 bits per heavy atom. The third kappa shape index (κ3) is 7.06. The van der Waals surface area contributed by atoms with Gasteiger partial charge in [0.1, 0.15) is 12.4 Å². The van der Waals surface area contributed by atoms with Gasteiger partial charge in [0.15, 0.2) is 11.5 Å². The Bertz CT molecular complexity index is 765. The second-order valence-electron chi connectivity index (χ2n) is 5.73. The maximum atomic E-state index is 11.8. The average molecular weight is 387 g/mol. The molecule has 0 aliphatic rings. The van der Waals surface area contributed by atoms with Crippen LogP contribution in [-0.2, 0) is 11.3 Å². The fourth-order valence-electron chi connectivity index (χ4n) is 2.29. The summed E-state index contributed by atoms with van der Waals surface area (Å²) in [5.74, 6) is 1.70. The smallest absolute Gasteiger partial charge is 0.315 e. The van der Waals surface area contributed by atoms with E-state index < -0.39 is 6.03 Å². The molecule has 2 rings (SSSR count). The summed E-state index contributed by atoms with van der Waals surface area (Å²) >= 11 is 0. The lowest BCUT2D eigenvalue weighted by molar-refractivity contribution is -0.120. The molecule has 0 unspecified atom stereocenters. The second kappa shape index (κ2) is 11.3. The van der Waals surface area contributed by atoms with Gasteiger partial charge in [0.05, 0.1) is 27.3 Å². The van der Waals surface area contributed by atoms with Crippen LogP contribution in [0.25, 0.3) is 0 Å². The molecule has 0 bridgehead atoms. The molecule has 150 valence electrons. The number of ether oxygens (including phenoxy) is 3. The summed E-state index contributed by atoms with van der Waals surface area (Å²) in [6.07, 6.45) is 0. The van der Waals surface area contributed by atoms with Gasteiger partial charge in [0, 0.05) is 6.54 Å². The number of hydrogen-bond donors (Lipinski definition) is 3. The van der Waals surface area contributed by atoms with Crippen molar-refractivity contribution in [1.29, 1.82) is 0 Å². The van der Waals surface area contributed by atoms with Crippen LogP contribution in [0.3, 0.4) is 0 Å². The van der Waals surface area contributed by atoms with Gasteiger partial charge in [-0.05, 0) is 29.8 Å². The number of methoxy groups -OCH3 is 2. The first-order valence-corrected chi connectivity index (χ1v) is 8.79. The summed E-state index contributed by atoms with van der Waals surface area (Å²) in [6, 6.07) is 14.2. The Hall–Kier alpha value is -3.42. The van der Waals surface area contributed by atoms with Gasteiger partial charge in [0.25, 0.3) is 0 Å². The SMILES string of the molecule is COc1ccc(CNC(=O)CNC(=O)NCCOc2ccccc2OC)cc1. The number of carbonyl (C=O) groups is 2. The zero-order valence-corrected chi connectivity index (χ0v) is 16.0. The van der Waals surface area contributed by atoms with Gasteiger partial charge in [-0.3, -0.25) is 4.79 Å². The van der Waals surface area contributed by atoms with Gasteiger partial charge in [-0.25, -0.2) is 4.79 Å². The molecule has 0 atom stereocenters. The summed E-state index contributed by atoms with van der Waals surface area (Å²) in [4.78, 5) is 23.5. The van der Waals surface area contributed by atoms with Crippen molar-refractivity contribution in [3.8, 4) is 17.2 Å². The molecule has 0 saturated heterocycles. The van der Waals surface area contributed by atoms with Crippen molar-refractivity contribution in [3.05, 3.63) is 54.1 Å². The topological polar surface area (TPSA) is 97.9 Å². The van der Waals surface area contributed by atoms with Gasteiger partial charge in [0.2, 0.25) is 5.91 Å². The van der Waals surface area contributed by atoms with Gasteiger partial charge in [-0.15, -0.1) is 0 Å². The number of carbonyl (C=O) groups excluding carboxylic acids is 2. The Morgan fingerprint density at radius 3 is 2.25 bits per heavy atom. The van der Waals surface area contributed by atoms with Crippen molar-refractivity contribution in [1.82, 2.24) is 16.0 Å². The normalized spacial score (nSPS) is 9.93. The van der Waals surface area contributed by atoms with E-state index in [2.05, 4.69) is 16.0 Å². The number of urea groups is 1. The third-order valence-corrected chi connectivity index (χ3v) is 3.77. The zero-order valence-electron chi connectivity index (χ0n) is 16.0. The first-order chi connectivity index (χ1) is 13.6. The summed E-state index contributed by atoms with van der Waals surface area (Å²) in [5.41, 5.74) is 0.937. The molecule has 0 aromatic heterocycles. The highest BCUT2D eigenvalue weighted by Crippen LogP contribution is 2.25. The molecule has 8 heteroatoms. The van der Waals surface area contributed by atoms with E-state index in [1.807, 2.05) is 36.4 Å². The average Bonchev–Trinajstić information content (AvgIpc) is 2.74. The Balaban J connectivity index is 1.59. The van der Waals surface area contributed by atoms with Crippen LogP contribution in [0, 0.1) is 0 Å². The Kier molecular flexibility index (Phi) is 8.45. The summed E-state index contributed by atoms with van der Waals surface area (Å²) in [5, 5.41) is 7.85. The number of amides is 3. The van der Waals surface area contributed by atoms with Crippen molar-refractivity contribution in [2.45, 2.75) is 6.54 Å². The van der Waals surface area contributed by atoms with Gasteiger partial charge >= 0.3 is 6.03 Å². The lowest BCUT2D eigenvalue weighted by Crippen LogP contribution is -2.42. The first kappa shape index (κ1) is 20.9. The quantitative estimate of drug-likeness (QED) is 0.539. The van der Waals surface area contributed by atoms with Crippen LogP contribution in [0.4, 0.5) is 4.79 Å². The Labute approximate surface area is 164 Å². The molecule has 0 aliphatic heterocycles. The van der Waals surface area contributed by atoms with Crippen LogP contribution in [-0.4, -0.2) is 45.9 Å². The molecule has 0 saturated carbocycles. The molecule has 8 nitrogen and oxygen atoms in total. The summed E-state index contributed by atoms with van der Waals surface area (Å²) in [7, 11) is 3.16. The minimum Gasteiger partial charge on any atom is -0.497 e. The molecule has 0 fully saturated rings. The highest BCUT2D eigenvalue weighted by Gasteiger charge is 2.06. The van der Waals surface area contributed by atoms with Gasteiger partial charge < -0.3 is 30.2 Å². The molecule has 3 amide bonds. The van der Waals surface area contributed by atoms with Crippen LogP contribution in [0.5, 0.6) is 17.2 Å². The summed E-state index contributed by atoms with van der Waals surface area (Å²) < 4.78 is 15.8. The number of benzene rings is 2. The highest BCUT2D eigenvalue weighted by atomic mass is 16.5. The molecular weight excluding hydrogens is 362 g/mol. The lowest BCUT2D eigenvalue weighted by Gasteiger charge is -2.11. The van der Waals surface area contributed by atoms with Gasteiger partial charge in [-0.2, -0.15) is 0 Å². The van der Waals surface area contributed by atoms with E-state index in [4.69, 9.17) is 14.2 Å². The molecule has 0 aliphatic carbocycles. The number of hydrogen-bond acceptors (Lipinski definition) is 5. The molecular formula is C20H25N3O5. The largest absolute Gasteiger partial charge is 0.497 e. The number of para-hydroxylation sites is 2. The minimum absolute atomic E-state index is 0.116. The predicted molar refractivity (Wildman–Crippen MR) is 105 cm³/mol. The fourth-order valence-corrected chi connectivity index (χ4v) is 2.29. The Morgan fingerprint density at radius 1 is 0.857 bits per heavy atom. The van der Waals surface area contributed by atoms with Crippen LogP contribution in [0.15, 0.2) is 48.5 Å². The summed E-state index contributed by atoms with van der Waals surface area (Å²) in [6.45, 7) is 0.822. The van der Waals surface area contributed by atoms with Crippen molar-refractivity contribution in [2.75, 3.05) is 33.9 Å². The second-order valence-corrected chi connectivity index (χ2v) is 5.73. The maximum Gasteiger partial charge on any atom is 0.315 e. The van der Waals surface area contributed by atoms with E-state index in [-0.39, 0.29) is 25.6 Å². The van der Waals surface area contributed by atoms with E-state index in [1.165, 1.54) is 0 Å². The first-order valence-electron chi connectivity index (χ1n) is 8.79. The molecule has 0 heterocycles. The standard InChI is InChI=1S/C20H25N3O5/c1-26-16-9-7-15(8-10-16)13-22-19(24)14-23-20(25)21-11-12-28-18-6-4-3-5-17(18)27-2/h3-10H,11-14H2,1-2H3,(H,22,24)(H2,21,23,25). The zero-order chi connectivity index (χ0) is 20.2. The van der Waals surface area contributed by atoms with E-state index in [9.17, 15) is 9.59 Å². The number of rotatable bonds is 10. The molecule has 3 N–H and O–H groups in total. The molecule has 2 aromatic rings. The van der Waals surface area contributed by atoms with Crippen molar-refractivity contribution in [2.24, 2.45) is 0 Å². The van der Waals surface area contributed by atoms with Crippen LogP contribution >= 0.6 is 0 Å². The maximum absolute atomic E-state index is 11.8. The van der Waals surface area contributed by atoms with Crippen LogP contribution in [0.2, 0.25) is 0 Å².